The van der Waals surface area contributed by atoms with Crippen molar-refractivity contribution >= 4 is 51.5 Å². The van der Waals surface area contributed by atoms with Gasteiger partial charge >= 0.3 is 0 Å². The molecule has 0 aliphatic carbocycles. The average molecular weight is 633 g/mol. The number of fused-ring (bicyclic) bond motifs is 1. The summed E-state index contributed by atoms with van der Waals surface area (Å²) in [7, 11) is 0. The third-order valence-corrected chi connectivity index (χ3v) is 8.64. The first-order valence-electron chi connectivity index (χ1n) is 14.6. The minimum atomic E-state index is -0.677. The van der Waals surface area contributed by atoms with Crippen LogP contribution in [0.2, 0.25) is 10.0 Å². The molecular formula is C31H36Cl2FN5O4. The number of likely N-dealkylation sites (tertiary alicyclic amines) is 1. The van der Waals surface area contributed by atoms with Crippen LogP contribution in [0.3, 0.4) is 0 Å². The maximum absolute atomic E-state index is 14.9. The van der Waals surface area contributed by atoms with E-state index in [-0.39, 0.29) is 33.8 Å². The van der Waals surface area contributed by atoms with Gasteiger partial charge in [0.1, 0.15) is 18.2 Å². The van der Waals surface area contributed by atoms with E-state index in [4.69, 9.17) is 37.4 Å². The molecule has 5 rings (SSSR count). The summed E-state index contributed by atoms with van der Waals surface area (Å²) in [6, 6.07) is 6.71. The molecule has 2 fully saturated rings. The first-order valence-corrected chi connectivity index (χ1v) is 15.3. The molecular weight excluding hydrogens is 596 g/mol. The molecule has 0 radical (unpaired) electrons. The third-order valence-electron chi connectivity index (χ3n) is 7.86. The Labute approximate surface area is 260 Å². The van der Waals surface area contributed by atoms with Gasteiger partial charge in [0, 0.05) is 56.5 Å². The van der Waals surface area contributed by atoms with Gasteiger partial charge in [-0.1, -0.05) is 36.7 Å². The molecule has 3 aromatic rings. The maximum atomic E-state index is 14.9. The summed E-state index contributed by atoms with van der Waals surface area (Å²) in [6.07, 6.45) is 5.61. The molecule has 2 atom stereocenters. The molecule has 0 bridgehead atoms. The van der Waals surface area contributed by atoms with Crippen molar-refractivity contribution in [1.82, 2.24) is 19.8 Å². The number of nitrogens with one attached hydrogen (secondary N) is 1. The Morgan fingerprint density at radius 2 is 2.02 bits per heavy atom. The van der Waals surface area contributed by atoms with Gasteiger partial charge in [-0.2, -0.15) is 0 Å². The van der Waals surface area contributed by atoms with Crippen LogP contribution in [-0.4, -0.2) is 83.8 Å². The van der Waals surface area contributed by atoms with Crippen LogP contribution in [0, 0.1) is 5.82 Å². The van der Waals surface area contributed by atoms with Crippen molar-refractivity contribution < 1.29 is 23.4 Å². The Bertz CT molecular complexity index is 1460. The number of halogens is 3. The van der Waals surface area contributed by atoms with Gasteiger partial charge in [-0.15, -0.1) is 0 Å². The van der Waals surface area contributed by atoms with E-state index in [2.05, 4.69) is 33.7 Å². The summed E-state index contributed by atoms with van der Waals surface area (Å²) in [6.45, 7) is 11.0. The van der Waals surface area contributed by atoms with Gasteiger partial charge in [0.2, 0.25) is 5.91 Å². The van der Waals surface area contributed by atoms with Crippen LogP contribution in [0.15, 0.2) is 43.2 Å². The lowest BCUT2D eigenvalue weighted by Gasteiger charge is -2.38. The highest BCUT2D eigenvalue weighted by Crippen LogP contribution is 2.38. The second-order valence-electron chi connectivity index (χ2n) is 10.6. The number of benzene rings is 2. The van der Waals surface area contributed by atoms with E-state index in [1.54, 1.807) is 0 Å². The minimum absolute atomic E-state index is 0.0424. The van der Waals surface area contributed by atoms with Crippen molar-refractivity contribution in [1.29, 1.82) is 0 Å². The van der Waals surface area contributed by atoms with Gasteiger partial charge in [0.25, 0.3) is 0 Å². The van der Waals surface area contributed by atoms with Gasteiger partial charge in [-0.05, 0) is 37.1 Å². The van der Waals surface area contributed by atoms with Crippen LogP contribution in [0.25, 0.3) is 10.9 Å². The first kappa shape index (κ1) is 31.3. The largest absolute Gasteiger partial charge is 0.490 e. The summed E-state index contributed by atoms with van der Waals surface area (Å²) >= 11 is 12.0. The van der Waals surface area contributed by atoms with Gasteiger partial charge in [0.15, 0.2) is 17.3 Å². The van der Waals surface area contributed by atoms with Crippen molar-refractivity contribution in [2.45, 2.75) is 44.8 Å². The number of rotatable bonds is 11. The fraction of sp³-hybridized carbons (Fsp3) is 0.452. The topological polar surface area (TPSA) is 89.0 Å². The molecule has 9 nitrogen and oxygen atoms in total. The number of amides is 1. The number of morpholine rings is 1. The number of ether oxygens (including phenoxy) is 3. The Morgan fingerprint density at radius 1 is 1.21 bits per heavy atom. The quantitative estimate of drug-likeness (QED) is 0.151. The molecule has 1 amide bonds. The van der Waals surface area contributed by atoms with E-state index < -0.39 is 5.82 Å². The van der Waals surface area contributed by atoms with Gasteiger partial charge in [-0.25, -0.2) is 14.4 Å². The zero-order valence-corrected chi connectivity index (χ0v) is 25.7. The van der Waals surface area contributed by atoms with Crippen LogP contribution < -0.4 is 14.8 Å². The smallest absolute Gasteiger partial charge is 0.246 e. The number of hydrogen-bond donors (Lipinski definition) is 1. The van der Waals surface area contributed by atoms with E-state index in [1.807, 2.05) is 17.0 Å². The molecule has 1 aromatic heterocycles. The fourth-order valence-electron chi connectivity index (χ4n) is 5.51. The van der Waals surface area contributed by atoms with Gasteiger partial charge < -0.3 is 24.4 Å². The molecule has 12 heteroatoms. The number of aromatic nitrogens is 2. The third kappa shape index (κ3) is 7.49. The van der Waals surface area contributed by atoms with Crippen LogP contribution in [0.5, 0.6) is 11.5 Å². The lowest BCUT2D eigenvalue weighted by Crippen LogP contribution is -2.48. The molecule has 230 valence electrons. The van der Waals surface area contributed by atoms with Crippen LogP contribution >= 0.6 is 23.2 Å². The number of anilines is 2. The Morgan fingerprint density at radius 3 is 2.79 bits per heavy atom. The zero-order valence-electron chi connectivity index (χ0n) is 24.2. The Balaban J connectivity index is 1.41. The standard InChI is InChI=1S/C31H36Cl2FN5O4/c1-3-20-16-21(8-10-39(20)28(40)4-2)43-27-17-22-25(18-26(27)42-13-5-9-38-11-14-41-15-12-38)35-19-36-31(22)37-24-7-6-23(32)29(33)30(24)34/h4,6-7,17-21H,2-3,5,8-16H2,1H3,(H,35,36,37)/t20-,21+/m1/s1. The van der Waals surface area contributed by atoms with E-state index in [0.29, 0.717) is 54.2 Å². The maximum Gasteiger partial charge on any atom is 0.246 e. The Kier molecular flexibility index (Phi) is 10.6. The molecule has 2 aliphatic rings. The summed E-state index contributed by atoms with van der Waals surface area (Å²) in [5, 5.41) is 3.60. The lowest BCUT2D eigenvalue weighted by molar-refractivity contribution is -0.131. The molecule has 1 N–H and O–H groups in total. The minimum Gasteiger partial charge on any atom is -0.490 e. The average Bonchev–Trinajstić information content (AvgIpc) is 3.03. The van der Waals surface area contributed by atoms with Crippen molar-refractivity contribution in [3.8, 4) is 11.5 Å². The normalized spacial score (nSPS) is 19.3. The van der Waals surface area contributed by atoms with E-state index in [0.717, 1.165) is 45.7 Å². The van der Waals surface area contributed by atoms with Crippen molar-refractivity contribution in [3.05, 3.63) is 59.1 Å². The predicted octanol–water partition coefficient (Wildman–Crippen LogP) is 6.25. The Hall–Kier alpha value is -3.18. The van der Waals surface area contributed by atoms with E-state index in [9.17, 15) is 9.18 Å². The van der Waals surface area contributed by atoms with Crippen molar-refractivity contribution in [2.75, 3.05) is 51.3 Å². The molecule has 0 spiro atoms. The number of nitrogens with zero attached hydrogens (tertiary/aromatic N) is 4. The predicted molar refractivity (Wildman–Crippen MR) is 166 cm³/mol. The SMILES string of the molecule is C=CC(=O)N1CC[C@H](Oc2cc3c(Nc4ccc(Cl)c(Cl)c4F)ncnc3cc2OCCCN2CCOCC2)C[C@H]1CC. The highest BCUT2D eigenvalue weighted by atomic mass is 35.5. The van der Waals surface area contributed by atoms with Crippen LogP contribution in [-0.2, 0) is 9.53 Å². The monoisotopic (exact) mass is 631 g/mol. The van der Waals surface area contributed by atoms with E-state index in [1.165, 1.54) is 24.5 Å². The molecule has 3 heterocycles. The molecule has 0 saturated carbocycles. The highest BCUT2D eigenvalue weighted by Gasteiger charge is 2.31. The van der Waals surface area contributed by atoms with Gasteiger partial charge in [-0.3, -0.25) is 9.69 Å². The van der Waals surface area contributed by atoms with E-state index >= 15 is 0 Å². The molecule has 2 aliphatic heterocycles. The van der Waals surface area contributed by atoms with Gasteiger partial charge in [0.05, 0.1) is 41.1 Å². The molecule has 2 aromatic carbocycles. The number of carbonyl (C=O) groups excluding carboxylic acids is 1. The second kappa shape index (κ2) is 14.5. The number of hydrogen-bond acceptors (Lipinski definition) is 8. The number of piperidine rings is 1. The summed E-state index contributed by atoms with van der Waals surface area (Å²) in [5.41, 5.74) is 0.733. The first-order chi connectivity index (χ1) is 20.9. The van der Waals surface area contributed by atoms with Crippen LogP contribution in [0.4, 0.5) is 15.9 Å². The molecule has 0 unspecified atom stereocenters. The lowest BCUT2D eigenvalue weighted by atomic mass is 9.97. The summed E-state index contributed by atoms with van der Waals surface area (Å²) in [4.78, 5) is 25.4. The number of carbonyl (C=O) groups is 1. The molecule has 2 saturated heterocycles. The molecule has 43 heavy (non-hydrogen) atoms. The van der Waals surface area contributed by atoms with Crippen molar-refractivity contribution in [2.24, 2.45) is 0 Å². The van der Waals surface area contributed by atoms with Crippen LogP contribution in [0.1, 0.15) is 32.6 Å². The summed E-state index contributed by atoms with van der Waals surface area (Å²) in [5.74, 6) is 0.739. The highest BCUT2D eigenvalue weighted by molar-refractivity contribution is 6.42. The summed E-state index contributed by atoms with van der Waals surface area (Å²) < 4.78 is 33.2. The second-order valence-corrected chi connectivity index (χ2v) is 11.4. The zero-order chi connectivity index (χ0) is 30.3. The fourth-order valence-corrected chi connectivity index (χ4v) is 5.82. The van der Waals surface area contributed by atoms with Crippen molar-refractivity contribution in [3.63, 3.8) is 0 Å².